The van der Waals surface area contributed by atoms with Crippen molar-refractivity contribution >= 4 is 16.0 Å². The molecule has 0 saturated carbocycles. The minimum atomic E-state index is -4.57. The predicted molar refractivity (Wildman–Crippen MR) is 122 cm³/mol. The van der Waals surface area contributed by atoms with Crippen molar-refractivity contribution in [3.05, 3.63) is 95.3 Å². The van der Waals surface area contributed by atoms with Crippen molar-refractivity contribution in [2.75, 3.05) is 6.54 Å². The van der Waals surface area contributed by atoms with Gasteiger partial charge in [0.2, 0.25) is 0 Å². The number of carbonyl (C=O) groups is 1. The minimum absolute atomic E-state index is 0.0117. The summed E-state index contributed by atoms with van der Waals surface area (Å²) < 4.78 is 82.1. The zero-order valence-electron chi connectivity index (χ0n) is 18.9. The third-order valence-electron chi connectivity index (χ3n) is 4.91. The Bertz CT molecular complexity index is 1270. The molecular formula is C25H23F4NO4S. The van der Waals surface area contributed by atoms with Gasteiger partial charge in [-0.15, -0.1) is 0 Å². The maximum Gasteiger partial charge on any atom is 0.416 e. The summed E-state index contributed by atoms with van der Waals surface area (Å²) in [5, 5.41) is 0. The Morgan fingerprint density at radius 2 is 1.60 bits per heavy atom. The van der Waals surface area contributed by atoms with E-state index in [1.807, 2.05) is 13.8 Å². The summed E-state index contributed by atoms with van der Waals surface area (Å²) in [7, 11) is -4.17. The van der Waals surface area contributed by atoms with Crippen molar-refractivity contribution < 1.29 is 35.0 Å². The van der Waals surface area contributed by atoms with Crippen LogP contribution in [0.4, 0.5) is 17.6 Å². The Kier molecular flexibility index (Phi) is 7.84. The molecule has 0 heterocycles. The molecular weight excluding hydrogens is 486 g/mol. The van der Waals surface area contributed by atoms with Gasteiger partial charge in [-0.3, -0.25) is 4.79 Å². The molecule has 0 radical (unpaired) electrons. The molecule has 3 aromatic carbocycles. The number of hydrogen-bond acceptors (Lipinski definition) is 4. The Morgan fingerprint density at radius 1 is 0.971 bits per heavy atom. The topological polar surface area (TPSA) is 63.7 Å². The zero-order valence-corrected chi connectivity index (χ0v) is 19.7. The molecule has 10 heteroatoms. The van der Waals surface area contributed by atoms with Crippen molar-refractivity contribution in [3.8, 4) is 5.75 Å². The second-order valence-corrected chi connectivity index (χ2v) is 9.84. The quantitative estimate of drug-likeness (QED) is 0.280. The SMILES string of the molecule is CC(C)CN(Cc1ccc(OS(=O)(=O)c2ccc(F)cc2)cc1)C(=O)c1cccc(C(F)(F)F)c1. The van der Waals surface area contributed by atoms with Crippen LogP contribution < -0.4 is 4.18 Å². The molecule has 3 aromatic rings. The van der Waals surface area contributed by atoms with Gasteiger partial charge in [-0.1, -0.05) is 32.0 Å². The van der Waals surface area contributed by atoms with E-state index in [9.17, 15) is 30.8 Å². The summed E-state index contributed by atoms with van der Waals surface area (Å²) in [4.78, 5) is 14.3. The van der Waals surface area contributed by atoms with Crippen LogP contribution in [0.1, 0.15) is 35.3 Å². The van der Waals surface area contributed by atoms with Crippen molar-refractivity contribution in [2.24, 2.45) is 5.92 Å². The van der Waals surface area contributed by atoms with Crippen LogP contribution in [0.15, 0.2) is 77.7 Å². The third-order valence-corrected chi connectivity index (χ3v) is 6.18. The molecule has 0 fully saturated rings. The van der Waals surface area contributed by atoms with Gasteiger partial charge in [0.25, 0.3) is 5.91 Å². The molecule has 5 nitrogen and oxygen atoms in total. The molecule has 0 N–H and O–H groups in total. The lowest BCUT2D eigenvalue weighted by atomic mass is 10.1. The normalized spacial score (nSPS) is 12.0. The first-order chi connectivity index (χ1) is 16.3. The molecule has 0 aliphatic rings. The van der Waals surface area contributed by atoms with Gasteiger partial charge in [0.05, 0.1) is 5.56 Å². The number of carbonyl (C=O) groups excluding carboxylic acids is 1. The predicted octanol–water partition coefficient (Wildman–Crippen LogP) is 5.91. The zero-order chi connectivity index (χ0) is 25.8. The van der Waals surface area contributed by atoms with Gasteiger partial charge in [0, 0.05) is 18.7 Å². The lowest BCUT2D eigenvalue weighted by molar-refractivity contribution is -0.137. The van der Waals surface area contributed by atoms with Crippen molar-refractivity contribution in [1.82, 2.24) is 4.90 Å². The molecule has 35 heavy (non-hydrogen) atoms. The molecule has 0 aliphatic heterocycles. The molecule has 0 spiro atoms. The average Bonchev–Trinajstić information content (AvgIpc) is 2.79. The number of hydrogen-bond donors (Lipinski definition) is 0. The second-order valence-electron chi connectivity index (χ2n) is 8.29. The number of halogens is 4. The number of rotatable bonds is 8. The van der Waals surface area contributed by atoms with Gasteiger partial charge in [-0.2, -0.15) is 21.6 Å². The molecule has 186 valence electrons. The molecule has 0 aliphatic carbocycles. The lowest BCUT2D eigenvalue weighted by Crippen LogP contribution is -2.34. The highest BCUT2D eigenvalue weighted by atomic mass is 32.2. The van der Waals surface area contributed by atoms with E-state index in [2.05, 4.69) is 0 Å². The largest absolute Gasteiger partial charge is 0.416 e. The standard InChI is InChI=1S/C25H23F4NO4S/c1-17(2)15-30(24(31)19-4-3-5-20(14-19)25(27,28)29)16-18-6-10-22(11-7-18)34-35(32,33)23-12-8-21(26)9-13-23/h3-14,17H,15-16H2,1-2H3. The highest BCUT2D eigenvalue weighted by molar-refractivity contribution is 7.87. The van der Waals surface area contributed by atoms with Crippen LogP contribution in [0.25, 0.3) is 0 Å². The Morgan fingerprint density at radius 3 is 2.17 bits per heavy atom. The number of amides is 1. The smallest absolute Gasteiger partial charge is 0.379 e. The van der Waals surface area contributed by atoms with Gasteiger partial charge in [0.1, 0.15) is 16.5 Å². The maximum absolute atomic E-state index is 13.1. The van der Waals surface area contributed by atoms with E-state index in [1.165, 1.54) is 29.2 Å². The number of nitrogens with zero attached hydrogens (tertiary/aromatic N) is 1. The average molecular weight is 510 g/mol. The third kappa shape index (κ3) is 7.05. The van der Waals surface area contributed by atoms with Gasteiger partial charge in [0.15, 0.2) is 0 Å². The first-order valence-electron chi connectivity index (χ1n) is 10.6. The van der Waals surface area contributed by atoms with Crippen molar-refractivity contribution in [1.29, 1.82) is 0 Å². The Hall–Kier alpha value is -3.40. The van der Waals surface area contributed by atoms with Gasteiger partial charge in [-0.05, 0) is 66.1 Å². The van der Waals surface area contributed by atoms with Crippen molar-refractivity contribution in [3.63, 3.8) is 0 Å². The minimum Gasteiger partial charge on any atom is -0.379 e. The maximum atomic E-state index is 13.1. The van der Waals surface area contributed by atoms with Crippen LogP contribution in [0, 0.1) is 11.7 Å². The van der Waals surface area contributed by atoms with E-state index >= 15 is 0 Å². The first-order valence-corrected chi connectivity index (χ1v) is 12.0. The first kappa shape index (κ1) is 26.2. The van der Waals surface area contributed by atoms with E-state index in [-0.39, 0.29) is 28.7 Å². The van der Waals surface area contributed by atoms with Crippen LogP contribution in [-0.4, -0.2) is 25.8 Å². The van der Waals surface area contributed by atoms with E-state index in [0.29, 0.717) is 12.1 Å². The van der Waals surface area contributed by atoms with Gasteiger partial charge < -0.3 is 9.08 Å². The monoisotopic (exact) mass is 509 g/mol. The summed E-state index contributed by atoms with van der Waals surface area (Å²) in [6, 6.07) is 14.4. The summed E-state index contributed by atoms with van der Waals surface area (Å²) in [6.45, 7) is 4.15. The van der Waals surface area contributed by atoms with E-state index < -0.39 is 33.6 Å². The summed E-state index contributed by atoms with van der Waals surface area (Å²) in [5.41, 5.74) is -0.361. The van der Waals surface area contributed by atoms with Gasteiger partial charge in [-0.25, -0.2) is 4.39 Å². The molecule has 3 rings (SSSR count). The molecule has 0 atom stereocenters. The molecule has 0 aromatic heterocycles. The second kappa shape index (κ2) is 10.5. The van der Waals surface area contributed by atoms with Gasteiger partial charge >= 0.3 is 16.3 Å². The number of alkyl halides is 3. The Balaban J connectivity index is 1.77. The summed E-state index contributed by atoms with van der Waals surface area (Å²) in [5.74, 6) is -1.08. The van der Waals surface area contributed by atoms with Crippen molar-refractivity contribution in [2.45, 2.75) is 31.5 Å². The van der Waals surface area contributed by atoms with E-state index in [1.54, 1.807) is 12.1 Å². The summed E-state index contributed by atoms with van der Waals surface area (Å²) in [6.07, 6.45) is -4.57. The molecule has 0 saturated heterocycles. The molecule has 0 unspecified atom stereocenters. The highest BCUT2D eigenvalue weighted by Crippen LogP contribution is 2.30. The van der Waals surface area contributed by atoms with Crippen LogP contribution in [0.2, 0.25) is 0 Å². The fraction of sp³-hybridized carbons (Fsp3) is 0.240. The Labute approximate surface area is 201 Å². The fourth-order valence-corrected chi connectivity index (χ4v) is 4.25. The number of benzene rings is 3. The van der Waals surface area contributed by atoms with Crippen LogP contribution in [0.3, 0.4) is 0 Å². The highest BCUT2D eigenvalue weighted by Gasteiger charge is 2.31. The molecule has 0 bridgehead atoms. The lowest BCUT2D eigenvalue weighted by Gasteiger charge is -2.25. The van der Waals surface area contributed by atoms with Crippen LogP contribution in [0.5, 0.6) is 5.75 Å². The van der Waals surface area contributed by atoms with Crippen LogP contribution in [-0.2, 0) is 22.8 Å². The summed E-state index contributed by atoms with van der Waals surface area (Å²) >= 11 is 0. The fourth-order valence-electron chi connectivity index (χ4n) is 3.32. The molecule has 1 amide bonds. The van der Waals surface area contributed by atoms with E-state index in [0.717, 1.165) is 36.4 Å². The van der Waals surface area contributed by atoms with E-state index in [4.69, 9.17) is 4.18 Å². The van der Waals surface area contributed by atoms with Crippen LogP contribution >= 0.6 is 0 Å².